The van der Waals surface area contributed by atoms with Gasteiger partial charge in [-0.15, -0.1) is 0 Å². The number of fused-ring (bicyclic) bond motifs is 1. The lowest BCUT2D eigenvalue weighted by Crippen LogP contribution is -2.13. The number of hydrogen-bond donors (Lipinski definition) is 2. The minimum atomic E-state index is -0.553. The minimum absolute atomic E-state index is 0.245. The van der Waals surface area contributed by atoms with E-state index in [0.717, 1.165) is 16.9 Å². The first-order valence-corrected chi connectivity index (χ1v) is 6.10. The van der Waals surface area contributed by atoms with Crippen LogP contribution in [0.4, 0.5) is 5.88 Å². The number of imidazole rings is 1. The Morgan fingerprint density at radius 1 is 1.25 bits per heavy atom. The normalized spacial score (nSPS) is 11.0. The summed E-state index contributed by atoms with van der Waals surface area (Å²) in [6, 6.07) is 10.7. The highest BCUT2D eigenvalue weighted by molar-refractivity contribution is 5.74. The van der Waals surface area contributed by atoms with Gasteiger partial charge in [0, 0.05) is 0 Å². The van der Waals surface area contributed by atoms with Crippen LogP contribution in [0.2, 0.25) is 0 Å². The summed E-state index contributed by atoms with van der Waals surface area (Å²) in [7, 11) is 0. The van der Waals surface area contributed by atoms with E-state index in [0.29, 0.717) is 18.8 Å². The van der Waals surface area contributed by atoms with Crippen LogP contribution < -0.4 is 5.32 Å². The number of nitro groups is 1. The number of benzene rings is 1. The summed E-state index contributed by atoms with van der Waals surface area (Å²) in [4.78, 5) is 17.5. The first-order chi connectivity index (χ1) is 9.72. The Morgan fingerprint density at radius 3 is 2.85 bits per heavy atom. The van der Waals surface area contributed by atoms with Gasteiger partial charge in [-0.25, -0.2) is 4.98 Å². The van der Waals surface area contributed by atoms with E-state index in [-0.39, 0.29) is 5.88 Å². The largest absolute Gasteiger partial charge is 0.433 e. The molecule has 20 heavy (non-hydrogen) atoms. The molecule has 3 aromatic rings. The molecular weight excluding hydrogens is 260 g/mol. The number of nitrogens with one attached hydrogen (secondary N) is 2. The van der Waals surface area contributed by atoms with Gasteiger partial charge in [-0.05, 0) is 18.2 Å². The van der Waals surface area contributed by atoms with Crippen molar-refractivity contribution in [2.75, 3.05) is 0 Å². The average Bonchev–Trinajstić information content (AvgIpc) is 3.04. The number of H-pyrrole nitrogens is 1. The maximum atomic E-state index is 10.5. The summed E-state index contributed by atoms with van der Waals surface area (Å²) in [5, 5.41) is 13.6. The van der Waals surface area contributed by atoms with Crippen molar-refractivity contribution in [3.8, 4) is 0 Å². The van der Waals surface area contributed by atoms with Crippen molar-refractivity contribution in [1.82, 2.24) is 15.3 Å². The fourth-order valence-corrected chi connectivity index (χ4v) is 1.95. The Bertz CT molecular complexity index is 714. The molecule has 0 atom stereocenters. The van der Waals surface area contributed by atoms with Gasteiger partial charge < -0.3 is 14.7 Å². The van der Waals surface area contributed by atoms with Crippen molar-refractivity contribution < 1.29 is 9.34 Å². The summed E-state index contributed by atoms with van der Waals surface area (Å²) < 4.78 is 5.05. The molecule has 2 heterocycles. The number of rotatable bonds is 5. The lowest BCUT2D eigenvalue weighted by atomic mass is 10.3. The van der Waals surface area contributed by atoms with Crippen LogP contribution in [0.1, 0.15) is 11.6 Å². The topological polar surface area (TPSA) is 97.0 Å². The summed E-state index contributed by atoms with van der Waals surface area (Å²) in [6.07, 6.45) is 0. The standard InChI is InChI=1S/C13H12N4O3/c18-17(19)13-6-5-9(20-13)7-14-8-12-15-10-3-1-2-4-11(10)16-12/h1-6,14H,7-8H2,(H,15,16). The van der Waals surface area contributed by atoms with Crippen molar-refractivity contribution in [3.63, 3.8) is 0 Å². The molecule has 7 nitrogen and oxygen atoms in total. The van der Waals surface area contributed by atoms with E-state index in [1.54, 1.807) is 6.07 Å². The second-order valence-electron chi connectivity index (χ2n) is 4.30. The summed E-state index contributed by atoms with van der Waals surface area (Å²) >= 11 is 0. The number of nitrogens with zero attached hydrogens (tertiary/aromatic N) is 2. The number of hydrogen-bond acceptors (Lipinski definition) is 5. The van der Waals surface area contributed by atoms with Crippen LogP contribution in [0, 0.1) is 10.1 Å². The number of furan rings is 1. The number of para-hydroxylation sites is 2. The molecule has 0 aliphatic rings. The quantitative estimate of drug-likeness (QED) is 0.549. The fourth-order valence-electron chi connectivity index (χ4n) is 1.95. The zero-order chi connectivity index (χ0) is 13.9. The van der Waals surface area contributed by atoms with Crippen LogP contribution in [-0.4, -0.2) is 14.9 Å². The fraction of sp³-hybridized carbons (Fsp3) is 0.154. The third kappa shape index (κ3) is 2.52. The van der Waals surface area contributed by atoms with Crippen molar-refractivity contribution in [2.45, 2.75) is 13.1 Å². The zero-order valence-electron chi connectivity index (χ0n) is 10.5. The van der Waals surface area contributed by atoms with Gasteiger partial charge in [0.15, 0.2) is 0 Å². The molecule has 0 fully saturated rings. The first-order valence-electron chi connectivity index (χ1n) is 6.10. The van der Waals surface area contributed by atoms with E-state index < -0.39 is 4.92 Å². The van der Waals surface area contributed by atoms with E-state index in [1.165, 1.54) is 6.07 Å². The minimum Gasteiger partial charge on any atom is -0.404 e. The molecule has 0 saturated carbocycles. The van der Waals surface area contributed by atoms with Gasteiger partial charge in [0.05, 0.1) is 30.2 Å². The second kappa shape index (κ2) is 5.14. The molecule has 2 N–H and O–H groups in total. The van der Waals surface area contributed by atoms with Crippen LogP contribution >= 0.6 is 0 Å². The Kier molecular flexibility index (Phi) is 3.18. The van der Waals surface area contributed by atoms with Gasteiger partial charge in [-0.2, -0.15) is 0 Å². The molecule has 0 bridgehead atoms. The van der Waals surface area contributed by atoms with Gasteiger partial charge in [-0.1, -0.05) is 12.1 Å². The lowest BCUT2D eigenvalue weighted by Gasteiger charge is -1.98. The van der Waals surface area contributed by atoms with Crippen LogP contribution in [0.15, 0.2) is 40.8 Å². The Labute approximate surface area is 113 Å². The maximum absolute atomic E-state index is 10.5. The molecule has 0 saturated heterocycles. The third-order valence-corrected chi connectivity index (χ3v) is 2.86. The molecule has 0 aliphatic carbocycles. The van der Waals surface area contributed by atoms with E-state index in [4.69, 9.17) is 4.42 Å². The molecule has 0 spiro atoms. The molecule has 7 heteroatoms. The molecule has 0 unspecified atom stereocenters. The van der Waals surface area contributed by atoms with Crippen LogP contribution in [0.5, 0.6) is 0 Å². The highest BCUT2D eigenvalue weighted by atomic mass is 16.6. The van der Waals surface area contributed by atoms with Crippen molar-refractivity contribution >= 4 is 16.9 Å². The summed E-state index contributed by atoms with van der Waals surface area (Å²) in [6.45, 7) is 0.939. The van der Waals surface area contributed by atoms with E-state index in [2.05, 4.69) is 15.3 Å². The van der Waals surface area contributed by atoms with Gasteiger partial charge in [-0.3, -0.25) is 10.1 Å². The molecule has 3 rings (SSSR count). The van der Waals surface area contributed by atoms with Gasteiger partial charge in [0.25, 0.3) is 0 Å². The summed E-state index contributed by atoms with van der Waals surface area (Å²) in [5.41, 5.74) is 1.90. The van der Waals surface area contributed by atoms with Crippen molar-refractivity contribution in [1.29, 1.82) is 0 Å². The molecule has 0 amide bonds. The number of aromatic nitrogens is 2. The Hall–Kier alpha value is -2.67. The van der Waals surface area contributed by atoms with Crippen molar-refractivity contribution in [2.24, 2.45) is 0 Å². The predicted molar refractivity (Wildman–Crippen MR) is 72.0 cm³/mol. The molecular formula is C13H12N4O3. The predicted octanol–water partition coefficient (Wildman–Crippen LogP) is 2.35. The Morgan fingerprint density at radius 2 is 2.10 bits per heavy atom. The van der Waals surface area contributed by atoms with Gasteiger partial charge >= 0.3 is 5.88 Å². The lowest BCUT2D eigenvalue weighted by molar-refractivity contribution is -0.402. The smallest absolute Gasteiger partial charge is 0.404 e. The van der Waals surface area contributed by atoms with Crippen molar-refractivity contribution in [3.05, 3.63) is 58.1 Å². The van der Waals surface area contributed by atoms with E-state index in [1.807, 2.05) is 24.3 Å². The van der Waals surface area contributed by atoms with E-state index >= 15 is 0 Å². The Balaban J connectivity index is 1.60. The zero-order valence-corrected chi connectivity index (χ0v) is 10.5. The van der Waals surface area contributed by atoms with Crippen LogP contribution in [-0.2, 0) is 13.1 Å². The highest BCUT2D eigenvalue weighted by Crippen LogP contribution is 2.15. The second-order valence-corrected chi connectivity index (χ2v) is 4.30. The summed E-state index contributed by atoms with van der Waals surface area (Å²) in [5.74, 6) is 1.09. The molecule has 0 radical (unpaired) electrons. The van der Waals surface area contributed by atoms with Gasteiger partial charge in [0.2, 0.25) is 0 Å². The number of aromatic amines is 1. The molecule has 102 valence electrons. The van der Waals surface area contributed by atoms with Gasteiger partial charge in [0.1, 0.15) is 16.5 Å². The maximum Gasteiger partial charge on any atom is 0.433 e. The SMILES string of the molecule is O=[N+]([O-])c1ccc(CNCc2nc3ccccc3[nH]2)o1. The van der Waals surface area contributed by atoms with E-state index in [9.17, 15) is 10.1 Å². The highest BCUT2D eigenvalue weighted by Gasteiger charge is 2.11. The van der Waals surface area contributed by atoms with Crippen LogP contribution in [0.25, 0.3) is 11.0 Å². The van der Waals surface area contributed by atoms with Crippen LogP contribution in [0.3, 0.4) is 0 Å². The first kappa shape index (κ1) is 12.4. The molecule has 2 aromatic heterocycles. The average molecular weight is 272 g/mol. The molecule has 0 aliphatic heterocycles. The third-order valence-electron chi connectivity index (χ3n) is 2.86. The monoisotopic (exact) mass is 272 g/mol. The molecule has 1 aromatic carbocycles.